The number of nitrogens with one attached hydrogen (secondary N) is 1. The maximum atomic E-state index is 13.2. The first kappa shape index (κ1) is 19.3. The van der Waals surface area contributed by atoms with Crippen LogP contribution in [0.1, 0.15) is 69.3 Å². The molecule has 0 amide bonds. The highest BCUT2D eigenvalue weighted by Gasteiger charge is 2.39. The van der Waals surface area contributed by atoms with Crippen LogP contribution in [0.4, 0.5) is 5.69 Å². The summed E-state index contributed by atoms with van der Waals surface area (Å²) in [5, 5.41) is 3.67. The number of ketones is 1. The zero-order valence-corrected chi connectivity index (χ0v) is 18.0. The second-order valence-corrected chi connectivity index (χ2v) is 10.1. The van der Waals surface area contributed by atoms with E-state index in [9.17, 15) is 4.79 Å². The smallest absolute Gasteiger partial charge is 0.162 e. The second-order valence-electron chi connectivity index (χ2n) is 8.93. The van der Waals surface area contributed by atoms with Crippen LogP contribution in [-0.2, 0) is 4.79 Å². The zero-order valence-electron chi connectivity index (χ0n) is 17.2. The molecule has 0 unspecified atom stereocenters. The molecule has 0 spiro atoms. The van der Waals surface area contributed by atoms with Gasteiger partial charge in [-0.25, -0.2) is 0 Å². The molecule has 0 radical (unpaired) electrons. The Morgan fingerprint density at radius 1 is 1.11 bits per heavy atom. The summed E-state index contributed by atoms with van der Waals surface area (Å²) < 4.78 is 0. The Balaban J connectivity index is 1.80. The van der Waals surface area contributed by atoms with E-state index >= 15 is 0 Å². The molecule has 1 aliphatic carbocycles. The first-order valence-corrected chi connectivity index (χ1v) is 11.1. The lowest BCUT2D eigenvalue weighted by Crippen LogP contribution is -2.29. The summed E-state index contributed by atoms with van der Waals surface area (Å²) in [7, 11) is 0. The molecule has 2 aromatic carbocycles. The number of carbonyl (C=O) groups is 1. The van der Waals surface area contributed by atoms with E-state index < -0.39 is 0 Å². The van der Waals surface area contributed by atoms with E-state index in [1.165, 1.54) is 16.0 Å². The fourth-order valence-electron chi connectivity index (χ4n) is 4.24. The van der Waals surface area contributed by atoms with Crippen LogP contribution < -0.4 is 5.32 Å². The maximum Gasteiger partial charge on any atom is 0.162 e. The van der Waals surface area contributed by atoms with Crippen LogP contribution in [0, 0.1) is 5.41 Å². The Bertz CT molecular complexity index is 926. The molecular formula is C25H29NOS. The number of hydrogen-bond acceptors (Lipinski definition) is 3. The molecule has 1 heterocycles. The van der Waals surface area contributed by atoms with Gasteiger partial charge in [0.1, 0.15) is 0 Å². The third kappa shape index (κ3) is 3.65. The molecule has 1 N–H and O–H groups in total. The fourth-order valence-corrected chi connectivity index (χ4v) is 5.58. The van der Waals surface area contributed by atoms with E-state index in [0.29, 0.717) is 12.3 Å². The number of carbonyl (C=O) groups excluding carboxylic acids is 1. The maximum absolute atomic E-state index is 13.2. The molecule has 0 fully saturated rings. The molecule has 0 bridgehead atoms. The quantitative estimate of drug-likeness (QED) is 0.605. The molecule has 2 aliphatic rings. The van der Waals surface area contributed by atoms with Crippen molar-refractivity contribution in [2.45, 2.75) is 63.0 Å². The van der Waals surface area contributed by atoms with Gasteiger partial charge in [-0.2, -0.15) is 0 Å². The number of anilines is 1. The van der Waals surface area contributed by atoms with Gasteiger partial charge in [0.05, 0.1) is 10.9 Å². The van der Waals surface area contributed by atoms with E-state index in [4.69, 9.17) is 0 Å². The van der Waals surface area contributed by atoms with Gasteiger partial charge in [0, 0.05) is 22.6 Å². The van der Waals surface area contributed by atoms with Gasteiger partial charge in [-0.05, 0) is 47.4 Å². The molecule has 4 rings (SSSR count). The Kier molecular flexibility index (Phi) is 5.13. The number of fused-ring (bicyclic) bond motifs is 1. The molecule has 1 aliphatic heterocycles. The predicted molar refractivity (Wildman–Crippen MR) is 119 cm³/mol. The van der Waals surface area contributed by atoms with Gasteiger partial charge in [0.25, 0.3) is 0 Å². The van der Waals surface area contributed by atoms with Gasteiger partial charge in [-0.1, -0.05) is 64.1 Å². The number of rotatable bonds is 3. The topological polar surface area (TPSA) is 29.1 Å². The number of benzene rings is 2. The third-order valence-corrected chi connectivity index (χ3v) is 7.37. The van der Waals surface area contributed by atoms with Crippen LogP contribution in [0.3, 0.4) is 0 Å². The summed E-state index contributed by atoms with van der Waals surface area (Å²) >= 11 is 1.80. The average molecular weight is 392 g/mol. The van der Waals surface area contributed by atoms with E-state index in [2.05, 4.69) is 81.5 Å². The molecule has 28 heavy (non-hydrogen) atoms. The van der Waals surface area contributed by atoms with Crippen molar-refractivity contribution in [3.05, 3.63) is 70.9 Å². The minimum absolute atomic E-state index is 0.00215. The van der Waals surface area contributed by atoms with Crippen molar-refractivity contribution >= 4 is 23.2 Å². The van der Waals surface area contributed by atoms with Gasteiger partial charge in [0.2, 0.25) is 0 Å². The summed E-state index contributed by atoms with van der Waals surface area (Å²) in [6, 6.07) is 17.3. The molecule has 3 heteroatoms. The van der Waals surface area contributed by atoms with Gasteiger partial charge in [0.15, 0.2) is 5.78 Å². The summed E-state index contributed by atoms with van der Waals surface area (Å²) in [4.78, 5) is 14.4. The second kappa shape index (κ2) is 7.44. The van der Waals surface area contributed by atoms with Crippen LogP contribution in [0.15, 0.2) is 64.7 Å². The molecule has 146 valence electrons. The highest BCUT2D eigenvalue weighted by molar-refractivity contribution is 8.00. The lowest BCUT2D eigenvalue weighted by molar-refractivity contribution is -0.118. The van der Waals surface area contributed by atoms with Crippen LogP contribution in [0.2, 0.25) is 0 Å². The van der Waals surface area contributed by atoms with Crippen molar-refractivity contribution in [2.24, 2.45) is 5.41 Å². The van der Waals surface area contributed by atoms with E-state index in [1.807, 2.05) is 0 Å². The van der Waals surface area contributed by atoms with Crippen molar-refractivity contribution in [3.8, 4) is 0 Å². The Labute approximate surface area is 172 Å². The number of Topliss-reactive ketones (excluding diaryl/α,β-unsaturated/α-hetero) is 1. The van der Waals surface area contributed by atoms with Crippen molar-refractivity contribution in [3.63, 3.8) is 0 Å². The number of para-hydroxylation sites is 1. The van der Waals surface area contributed by atoms with Crippen LogP contribution in [0.5, 0.6) is 0 Å². The number of allylic oxidation sites excluding steroid dienone is 1. The van der Waals surface area contributed by atoms with Crippen LogP contribution in [-0.4, -0.2) is 5.78 Å². The highest BCUT2D eigenvalue weighted by atomic mass is 32.2. The molecule has 2 atom stereocenters. The normalized spacial score (nSPS) is 22.0. The minimum Gasteiger partial charge on any atom is -0.358 e. The summed E-state index contributed by atoms with van der Waals surface area (Å²) in [5.74, 6) is 0.847. The largest absolute Gasteiger partial charge is 0.358 e. The van der Waals surface area contributed by atoms with E-state index in [1.54, 1.807) is 11.8 Å². The van der Waals surface area contributed by atoms with E-state index in [-0.39, 0.29) is 16.4 Å². The van der Waals surface area contributed by atoms with E-state index in [0.717, 1.165) is 29.8 Å². The highest BCUT2D eigenvalue weighted by Crippen LogP contribution is 2.51. The Morgan fingerprint density at radius 2 is 1.82 bits per heavy atom. The van der Waals surface area contributed by atoms with Crippen molar-refractivity contribution in [1.82, 2.24) is 0 Å². The standard InChI is InChI=1S/C25H29NOS/c1-5-16(2)17-10-12-18(13-11-17)24-23-20(14-25(3,4)15-21(23)27)26-19-8-6-7-9-22(19)28-24/h6-13,16,24,26H,5,14-15H2,1-4H3/t16-,24-/m0/s1. The number of thioether (sulfide) groups is 1. The Morgan fingerprint density at radius 3 is 2.54 bits per heavy atom. The monoisotopic (exact) mass is 391 g/mol. The lowest BCUT2D eigenvalue weighted by atomic mass is 9.74. The average Bonchev–Trinajstić information content (AvgIpc) is 2.83. The summed E-state index contributed by atoms with van der Waals surface area (Å²) in [6.07, 6.45) is 2.66. The summed E-state index contributed by atoms with van der Waals surface area (Å²) in [5.41, 5.74) is 5.78. The van der Waals surface area contributed by atoms with Gasteiger partial charge in [-0.3, -0.25) is 4.79 Å². The molecule has 2 aromatic rings. The fraction of sp³-hybridized carbons (Fsp3) is 0.400. The predicted octanol–water partition coefficient (Wildman–Crippen LogP) is 7.10. The third-order valence-electron chi connectivity index (χ3n) is 6.02. The first-order valence-electron chi connectivity index (χ1n) is 10.3. The summed E-state index contributed by atoms with van der Waals surface area (Å²) in [6.45, 7) is 8.87. The van der Waals surface area contributed by atoms with Gasteiger partial charge >= 0.3 is 0 Å². The lowest BCUT2D eigenvalue weighted by Gasteiger charge is -2.34. The van der Waals surface area contributed by atoms with Crippen LogP contribution >= 0.6 is 11.8 Å². The minimum atomic E-state index is -0.00215. The van der Waals surface area contributed by atoms with Crippen LogP contribution in [0.25, 0.3) is 0 Å². The SMILES string of the molecule is CC[C@H](C)c1ccc([C@@H]2Sc3ccccc3NC3=C2C(=O)CC(C)(C)C3)cc1. The first-order chi connectivity index (χ1) is 13.4. The molecule has 0 aromatic heterocycles. The van der Waals surface area contributed by atoms with Gasteiger partial charge < -0.3 is 5.32 Å². The zero-order chi connectivity index (χ0) is 19.9. The van der Waals surface area contributed by atoms with Crippen molar-refractivity contribution in [1.29, 1.82) is 0 Å². The van der Waals surface area contributed by atoms with Crippen molar-refractivity contribution < 1.29 is 4.79 Å². The molecule has 0 saturated heterocycles. The van der Waals surface area contributed by atoms with Gasteiger partial charge in [-0.15, -0.1) is 11.8 Å². The van der Waals surface area contributed by atoms with Crippen molar-refractivity contribution in [2.75, 3.05) is 5.32 Å². The molecule has 2 nitrogen and oxygen atoms in total. The Hall–Kier alpha value is -2.00. The number of hydrogen-bond donors (Lipinski definition) is 1. The molecular weight excluding hydrogens is 362 g/mol. The molecule has 0 saturated carbocycles.